The van der Waals surface area contributed by atoms with E-state index in [1.807, 2.05) is 0 Å². The maximum absolute atomic E-state index is 6.99. The summed E-state index contributed by atoms with van der Waals surface area (Å²) in [6.07, 6.45) is 0. The van der Waals surface area contributed by atoms with Crippen LogP contribution in [0.5, 0.6) is 0 Å². The average molecular weight is 825 g/mol. The molecule has 0 unspecified atom stereocenters. The van der Waals surface area contributed by atoms with Crippen molar-refractivity contribution in [2.45, 2.75) is 27.7 Å². The third-order valence-electron chi connectivity index (χ3n) is 13.0. The summed E-state index contributed by atoms with van der Waals surface area (Å²) in [6, 6.07) is 70.0. The second-order valence-corrected chi connectivity index (χ2v) is 17.2. The van der Waals surface area contributed by atoms with Crippen LogP contribution < -0.4 is 9.80 Å². The van der Waals surface area contributed by atoms with Crippen LogP contribution in [-0.2, 0) is 0 Å². The van der Waals surface area contributed by atoms with Crippen LogP contribution in [0, 0.1) is 27.7 Å². The van der Waals surface area contributed by atoms with Crippen molar-refractivity contribution in [1.82, 2.24) is 0 Å². The highest BCUT2D eigenvalue weighted by molar-refractivity contribution is 6.24. The molecule has 2 aromatic heterocycles. The molecule has 10 aromatic carbocycles. The summed E-state index contributed by atoms with van der Waals surface area (Å²) in [5.41, 5.74) is 16.9. The Morgan fingerprint density at radius 3 is 1.20 bits per heavy atom. The van der Waals surface area contributed by atoms with Gasteiger partial charge in [-0.05, 0) is 157 Å². The lowest BCUT2D eigenvalue weighted by atomic mass is 9.97. The van der Waals surface area contributed by atoms with Crippen LogP contribution in [0.15, 0.2) is 203 Å². The van der Waals surface area contributed by atoms with Gasteiger partial charge in [0.2, 0.25) is 0 Å². The Kier molecular flexibility index (Phi) is 8.70. The first-order chi connectivity index (χ1) is 31.3. The van der Waals surface area contributed by atoms with Gasteiger partial charge >= 0.3 is 0 Å². The van der Waals surface area contributed by atoms with Crippen molar-refractivity contribution in [3.63, 3.8) is 0 Å². The van der Waals surface area contributed by atoms with Crippen molar-refractivity contribution >= 4 is 99.5 Å². The highest BCUT2D eigenvalue weighted by atomic mass is 16.3. The first kappa shape index (κ1) is 37.7. The maximum Gasteiger partial charge on any atom is 0.147 e. The first-order valence-corrected chi connectivity index (χ1v) is 22.0. The van der Waals surface area contributed by atoms with E-state index >= 15 is 0 Å². The van der Waals surface area contributed by atoms with Crippen molar-refractivity contribution < 1.29 is 8.83 Å². The van der Waals surface area contributed by atoms with E-state index < -0.39 is 0 Å². The molecule has 0 aliphatic carbocycles. The molecule has 0 N–H and O–H groups in total. The molecule has 0 saturated carbocycles. The SMILES string of the molecule is Cc1ccc(N(c2ccc3cc4c(cc3c2)oc2c(-c3ccccc3)c3oc5cc6cc(N(c7ccc(C)cc7)c7ccccc7C)ccc6cc5c3cc24)c2ccccc2C)cc1. The van der Waals surface area contributed by atoms with Crippen molar-refractivity contribution in [2.75, 3.05) is 9.80 Å². The maximum atomic E-state index is 6.99. The topological polar surface area (TPSA) is 32.8 Å². The van der Waals surface area contributed by atoms with Gasteiger partial charge in [-0.25, -0.2) is 0 Å². The highest BCUT2D eigenvalue weighted by Gasteiger charge is 2.23. The largest absolute Gasteiger partial charge is 0.455 e. The number of para-hydroxylation sites is 2. The Balaban J connectivity index is 1.03. The Morgan fingerprint density at radius 1 is 0.328 bits per heavy atom. The molecule has 0 radical (unpaired) electrons. The number of hydrogen-bond donors (Lipinski definition) is 0. The van der Waals surface area contributed by atoms with Gasteiger partial charge in [-0.3, -0.25) is 0 Å². The van der Waals surface area contributed by atoms with E-state index in [0.29, 0.717) is 0 Å². The third kappa shape index (κ3) is 6.21. The summed E-state index contributed by atoms with van der Waals surface area (Å²) in [5, 5.41) is 8.82. The number of aryl methyl sites for hydroxylation is 4. The first-order valence-electron chi connectivity index (χ1n) is 22.0. The summed E-state index contributed by atoms with van der Waals surface area (Å²) in [4.78, 5) is 4.69. The number of rotatable bonds is 7. The molecular weight excluding hydrogens is 781 g/mol. The van der Waals surface area contributed by atoms with E-state index in [9.17, 15) is 0 Å². The van der Waals surface area contributed by atoms with E-state index in [1.165, 1.54) is 22.3 Å². The summed E-state index contributed by atoms with van der Waals surface area (Å²) in [7, 11) is 0. The fourth-order valence-electron chi connectivity index (χ4n) is 9.61. The van der Waals surface area contributed by atoms with Crippen LogP contribution >= 0.6 is 0 Å². The quantitative estimate of drug-likeness (QED) is 0.160. The molecule has 0 aliphatic rings. The van der Waals surface area contributed by atoms with Crippen molar-refractivity contribution in [2.24, 2.45) is 0 Å². The van der Waals surface area contributed by atoms with Gasteiger partial charge in [0, 0.05) is 55.7 Å². The Hall–Kier alpha value is -8.08. The molecule has 0 saturated heterocycles. The molecule has 12 rings (SSSR count). The van der Waals surface area contributed by atoms with Crippen molar-refractivity contribution in [3.05, 3.63) is 216 Å². The van der Waals surface area contributed by atoms with Crippen LogP contribution in [0.4, 0.5) is 34.1 Å². The number of hydrogen-bond acceptors (Lipinski definition) is 4. The minimum absolute atomic E-state index is 0.822. The molecule has 0 atom stereocenters. The smallest absolute Gasteiger partial charge is 0.147 e. The molecule has 0 fully saturated rings. The van der Waals surface area contributed by atoms with Gasteiger partial charge in [-0.15, -0.1) is 0 Å². The van der Waals surface area contributed by atoms with Gasteiger partial charge in [0.25, 0.3) is 0 Å². The summed E-state index contributed by atoms with van der Waals surface area (Å²) in [6.45, 7) is 8.60. The molecule has 0 bridgehead atoms. The van der Waals surface area contributed by atoms with Crippen molar-refractivity contribution in [3.8, 4) is 11.1 Å². The minimum Gasteiger partial charge on any atom is -0.455 e. The zero-order chi connectivity index (χ0) is 43.1. The van der Waals surface area contributed by atoms with Crippen LogP contribution in [0.25, 0.3) is 76.5 Å². The predicted octanol–water partition coefficient (Wildman–Crippen LogP) is 17.6. The number of furan rings is 2. The normalized spacial score (nSPS) is 11.8. The second-order valence-electron chi connectivity index (χ2n) is 17.2. The number of benzene rings is 10. The van der Waals surface area contributed by atoms with E-state index in [1.54, 1.807) is 0 Å². The lowest BCUT2D eigenvalue weighted by Gasteiger charge is -2.27. The lowest BCUT2D eigenvalue weighted by Crippen LogP contribution is -2.11. The zero-order valence-corrected chi connectivity index (χ0v) is 36.2. The zero-order valence-electron chi connectivity index (χ0n) is 36.2. The van der Waals surface area contributed by atoms with E-state index in [4.69, 9.17) is 8.83 Å². The van der Waals surface area contributed by atoms with Crippen LogP contribution in [-0.4, -0.2) is 0 Å². The van der Waals surface area contributed by atoms with Gasteiger partial charge in [0.1, 0.15) is 22.3 Å². The van der Waals surface area contributed by atoms with Gasteiger partial charge in [-0.2, -0.15) is 0 Å². The van der Waals surface area contributed by atoms with E-state index in [0.717, 1.165) is 111 Å². The molecule has 64 heavy (non-hydrogen) atoms. The summed E-state index contributed by atoms with van der Waals surface area (Å²) in [5.74, 6) is 0. The number of anilines is 6. The fourth-order valence-corrected chi connectivity index (χ4v) is 9.61. The fraction of sp³-hybridized carbons (Fsp3) is 0.0667. The molecule has 2 heterocycles. The van der Waals surface area contributed by atoms with Gasteiger partial charge < -0.3 is 18.6 Å². The van der Waals surface area contributed by atoms with Crippen LogP contribution in [0.1, 0.15) is 22.3 Å². The Labute approximate surface area is 371 Å². The Morgan fingerprint density at radius 2 is 0.750 bits per heavy atom. The predicted molar refractivity (Wildman–Crippen MR) is 270 cm³/mol. The van der Waals surface area contributed by atoms with Gasteiger partial charge in [0.05, 0.1) is 5.56 Å². The summed E-state index contributed by atoms with van der Waals surface area (Å²) < 4.78 is 14.0. The Bertz CT molecular complexity index is 3540. The third-order valence-corrected chi connectivity index (χ3v) is 13.0. The minimum atomic E-state index is 0.822. The number of fused-ring (bicyclic) bond motifs is 8. The molecule has 0 aliphatic heterocycles. The number of nitrogens with zero attached hydrogens (tertiary/aromatic N) is 2. The monoisotopic (exact) mass is 824 g/mol. The molecule has 4 heteroatoms. The standard InChI is InChI=1S/C60H44N2O2/c1-37-18-24-46(25-19-37)61(54-16-10-8-12-39(54)3)48-28-22-42-32-50-52-36-53-51-33-43-23-29-49(62(47-26-20-38(2)21-27-47)55-17-11-9-13-40(55)4)31-45(43)35-57(51)64-60(53)58(41-14-6-5-7-15-41)59(52)63-56(50)34-44(42)30-48/h5-36H,1-4H3. The van der Waals surface area contributed by atoms with Crippen LogP contribution in [0.2, 0.25) is 0 Å². The molecule has 12 aromatic rings. The average Bonchev–Trinajstić information content (AvgIpc) is 3.85. The molecule has 0 amide bonds. The highest BCUT2D eigenvalue weighted by Crippen LogP contribution is 2.47. The second kappa shape index (κ2) is 14.8. The van der Waals surface area contributed by atoms with E-state index in [-0.39, 0.29) is 0 Å². The molecule has 0 spiro atoms. The summed E-state index contributed by atoms with van der Waals surface area (Å²) >= 11 is 0. The van der Waals surface area contributed by atoms with Gasteiger partial charge in [-0.1, -0.05) is 114 Å². The molecule has 306 valence electrons. The molecule has 4 nitrogen and oxygen atoms in total. The van der Waals surface area contributed by atoms with E-state index in [2.05, 4.69) is 232 Å². The van der Waals surface area contributed by atoms with Gasteiger partial charge in [0.15, 0.2) is 0 Å². The lowest BCUT2D eigenvalue weighted by molar-refractivity contribution is 0.658. The van der Waals surface area contributed by atoms with Crippen molar-refractivity contribution in [1.29, 1.82) is 0 Å². The van der Waals surface area contributed by atoms with Crippen LogP contribution in [0.3, 0.4) is 0 Å². The molecular formula is C60H44N2O2.